The van der Waals surface area contributed by atoms with Gasteiger partial charge in [-0.15, -0.1) is 0 Å². The monoisotopic (exact) mass is 1560 g/mol. The Bertz CT molecular complexity index is 5370. The van der Waals surface area contributed by atoms with Crippen LogP contribution in [0.5, 0.6) is 0 Å². The molecule has 14 rings (SSSR count). The molecule has 0 aromatic carbocycles. The number of carbonyl (C=O) groups is 4. The number of fused-ring (bicyclic) bond motifs is 4. The van der Waals surface area contributed by atoms with Gasteiger partial charge < -0.3 is 56.3 Å². The van der Waals surface area contributed by atoms with Crippen molar-refractivity contribution in [3.05, 3.63) is 143 Å². The predicted molar refractivity (Wildman–Crippen MR) is 427 cm³/mol. The van der Waals surface area contributed by atoms with E-state index in [1.54, 1.807) is 84.9 Å². The topological polar surface area (TPSA) is 400 Å². The Morgan fingerprint density at radius 1 is 0.541 bits per heavy atom. The second-order valence-corrected chi connectivity index (χ2v) is 28.5. The third kappa shape index (κ3) is 18.9. The molecule has 0 spiro atoms. The molecule has 2 saturated heterocycles. The van der Waals surface area contributed by atoms with Crippen LogP contribution >= 0.6 is 46.4 Å². The quantitative estimate of drug-likeness (QED) is 0.0302. The highest BCUT2D eigenvalue weighted by Crippen LogP contribution is 2.35. The molecule has 0 aliphatic carbocycles. The average Bonchev–Trinajstić information content (AvgIpc) is 1.68. The van der Waals surface area contributed by atoms with Crippen molar-refractivity contribution in [3.8, 4) is 57.7 Å². The number of rotatable bonds is 21. The minimum Gasteiger partial charge on any atom is -0.360 e. The maximum absolute atomic E-state index is 14.5. The van der Waals surface area contributed by atoms with Crippen LogP contribution in [0.2, 0.25) is 20.1 Å². The number of halogens is 5. The molecule has 109 heavy (non-hydrogen) atoms. The van der Waals surface area contributed by atoms with E-state index in [1.165, 1.54) is 6.20 Å². The second kappa shape index (κ2) is 35.9. The number of H-pyrrole nitrogens is 4. The van der Waals surface area contributed by atoms with Crippen LogP contribution in [-0.4, -0.2) is 160 Å². The molecule has 2 fully saturated rings. The maximum atomic E-state index is 14.5. The standard InChI is InChI=1S/C20H24ClN5O.C19H23ClN6O.C18H15ClFN7O.C18H16ClN7O.4H2/c1-5-12(4)18(27)17(11(2)3)25-16-6-7-22-20(26-16)15-10-24-19-14(15)8-13(21)9-23-19;1-10(2)16(19(27)24-11(3)4)25-15-5-6-21-18(26-15)14-9-23-17-13(14)7-12(20)8-22-17;19-10-6-11-12(8-24-15(11)23-7-10)16-25-9-13(20)17(26-16)27-5-1-2-14(27)18(28)22-4-3-21;19-11-8-12-13(10-24-16(12)23-9-11)17-21-5-3-15(25-17)26-7-1-2-14(26)18(27)22-6-4-20;;;;/h6-12,17H,5H2,1-4H3,(H,23,24)(H,22,25,26);5-11,16H,1-4H3,(H,22,23)(H,24,27)(H,21,25,26);6-9,14H,1-2,4-5H2,(H,22,28)(H,23,24);3,5,8-10,14H,1-2,6-7H2,(H,22,27)(H,23,24);4*1H/t12?,17-;16-;2*14-;;;;/m1111..../s1. The molecular formula is C75H86Cl4FN25O4. The summed E-state index contributed by atoms with van der Waals surface area (Å²) < 4.78 is 14.5. The SMILES string of the molecule is CC(C)NC(=O)[C@H](Nc1ccnc(-c2c[nH]c3ncc(Cl)cc23)n1)C(C)C.CCC(C)C(=O)[C@H](Nc1ccnc(-c2c[nH]c3ncc(Cl)cc23)n1)C(C)C.N#CCNC(=O)[C@H]1CCCN1c1ccnc(-c2c[nH]c3ncc(Cl)cc23)n1.N#CCNC(=O)[C@H]1CCCN1c1nc(-c2c[nH]c3ncc(Cl)cc23)ncc1F.[HH].[HH].[HH].[HH]. The third-order valence-electron chi connectivity index (χ3n) is 18.1. The Hall–Kier alpha value is -11.6. The molecule has 9 N–H and O–H groups in total. The van der Waals surface area contributed by atoms with E-state index < -0.39 is 17.9 Å². The van der Waals surface area contributed by atoms with E-state index in [1.807, 2.05) is 96.8 Å². The van der Waals surface area contributed by atoms with Crippen LogP contribution in [0, 0.1) is 46.2 Å². The minimum atomic E-state index is -0.611. The molecule has 14 heterocycles. The zero-order chi connectivity index (χ0) is 77.6. The van der Waals surface area contributed by atoms with Gasteiger partial charge >= 0.3 is 0 Å². The van der Waals surface area contributed by atoms with Crippen LogP contribution in [0.15, 0.2) is 117 Å². The van der Waals surface area contributed by atoms with Crippen molar-refractivity contribution in [1.82, 2.24) is 95.7 Å². The fourth-order valence-corrected chi connectivity index (χ4v) is 13.1. The zero-order valence-corrected chi connectivity index (χ0v) is 63.7. The summed E-state index contributed by atoms with van der Waals surface area (Å²) in [5.41, 5.74) is 5.81. The number of carbonyl (C=O) groups excluding carboxylic acids is 4. The van der Waals surface area contributed by atoms with E-state index in [0.29, 0.717) is 96.3 Å². The van der Waals surface area contributed by atoms with Gasteiger partial charge in [-0.3, -0.25) is 19.2 Å². The van der Waals surface area contributed by atoms with Crippen molar-refractivity contribution in [2.75, 3.05) is 46.6 Å². The zero-order valence-electron chi connectivity index (χ0n) is 60.6. The fraction of sp³-hybridized carbons (Fsp3) is 0.333. The molecule has 12 aromatic rings. The van der Waals surface area contributed by atoms with Gasteiger partial charge in [0, 0.05) is 143 Å². The molecule has 1 unspecified atom stereocenters. The lowest BCUT2D eigenvalue weighted by molar-refractivity contribution is -0.124. The first kappa shape index (κ1) is 78.5. The van der Waals surface area contributed by atoms with E-state index in [4.69, 9.17) is 56.9 Å². The Morgan fingerprint density at radius 2 is 0.936 bits per heavy atom. The van der Waals surface area contributed by atoms with Crippen molar-refractivity contribution >= 4 is 137 Å². The van der Waals surface area contributed by atoms with Crippen LogP contribution in [0.1, 0.15) is 93.2 Å². The molecule has 29 nitrogen and oxygen atoms in total. The van der Waals surface area contributed by atoms with E-state index in [9.17, 15) is 23.6 Å². The number of anilines is 4. The number of pyridine rings is 4. The summed E-state index contributed by atoms with van der Waals surface area (Å²) in [6, 6.07) is 14.8. The first-order valence-corrected chi connectivity index (χ1v) is 36.8. The van der Waals surface area contributed by atoms with Gasteiger partial charge in [-0.25, -0.2) is 64.2 Å². The molecule has 2 aliphatic heterocycles. The summed E-state index contributed by atoms with van der Waals surface area (Å²) in [6.45, 7) is 17.0. The number of nitrogens with one attached hydrogen (secondary N) is 9. The van der Waals surface area contributed by atoms with Gasteiger partial charge in [-0.05, 0) is 100 Å². The largest absolute Gasteiger partial charge is 0.360 e. The van der Waals surface area contributed by atoms with E-state index in [0.717, 1.165) is 82.3 Å². The second-order valence-electron chi connectivity index (χ2n) is 26.7. The Morgan fingerprint density at radius 3 is 1.35 bits per heavy atom. The van der Waals surface area contributed by atoms with E-state index >= 15 is 0 Å². The van der Waals surface area contributed by atoms with Crippen LogP contribution in [0.4, 0.5) is 27.7 Å². The Kier molecular flexibility index (Phi) is 25.8. The summed E-state index contributed by atoms with van der Waals surface area (Å²) in [6.07, 6.45) is 23.2. The highest BCUT2D eigenvalue weighted by atomic mass is 35.5. The number of hydrogen-bond donors (Lipinski definition) is 9. The third-order valence-corrected chi connectivity index (χ3v) is 18.9. The molecule has 0 radical (unpaired) electrons. The number of nitrogens with zero attached hydrogens (tertiary/aromatic N) is 16. The lowest BCUT2D eigenvalue weighted by atomic mass is 9.90. The Labute approximate surface area is 651 Å². The van der Waals surface area contributed by atoms with Crippen molar-refractivity contribution in [2.45, 2.75) is 118 Å². The number of aromatic amines is 4. The fourth-order valence-electron chi connectivity index (χ4n) is 12.5. The summed E-state index contributed by atoms with van der Waals surface area (Å²) in [5.74, 6) is 3.19. The van der Waals surface area contributed by atoms with E-state index in [-0.39, 0.29) is 84.0 Å². The van der Waals surface area contributed by atoms with Crippen LogP contribution in [0.3, 0.4) is 0 Å². The summed E-state index contributed by atoms with van der Waals surface area (Å²) in [7, 11) is 0. The molecule has 2 aliphatic rings. The molecular weight excluding hydrogens is 1480 g/mol. The van der Waals surface area contributed by atoms with Gasteiger partial charge in [-0.1, -0.05) is 87.9 Å². The molecule has 34 heteroatoms. The van der Waals surface area contributed by atoms with Crippen molar-refractivity contribution in [1.29, 1.82) is 10.5 Å². The lowest BCUT2D eigenvalue weighted by Gasteiger charge is -2.25. The molecule has 0 saturated carbocycles. The lowest BCUT2D eigenvalue weighted by Crippen LogP contribution is -2.45. The minimum absolute atomic E-state index is 0. The van der Waals surface area contributed by atoms with E-state index in [2.05, 4.69) is 106 Å². The first-order valence-electron chi connectivity index (χ1n) is 35.2. The van der Waals surface area contributed by atoms with Crippen molar-refractivity contribution in [2.24, 2.45) is 17.8 Å². The van der Waals surface area contributed by atoms with Gasteiger partial charge in [0.1, 0.15) is 71.3 Å². The van der Waals surface area contributed by atoms with Gasteiger partial charge in [0.2, 0.25) is 17.7 Å². The number of aromatic nitrogens is 16. The first-order chi connectivity index (χ1) is 52.5. The molecule has 5 atom stereocenters. The summed E-state index contributed by atoms with van der Waals surface area (Å²) in [5, 5.41) is 37.3. The number of Topliss-reactive ketones (excluding diaryl/α,β-unsaturated/α-hetero) is 1. The van der Waals surface area contributed by atoms with Crippen LogP contribution < -0.4 is 36.4 Å². The highest BCUT2D eigenvalue weighted by Gasteiger charge is 2.35. The summed E-state index contributed by atoms with van der Waals surface area (Å²) >= 11 is 24.3. The van der Waals surface area contributed by atoms with Crippen LogP contribution in [-0.2, 0) is 19.2 Å². The predicted octanol–water partition coefficient (Wildman–Crippen LogP) is 14.0. The normalized spacial score (nSPS) is 14.8. The van der Waals surface area contributed by atoms with Gasteiger partial charge in [0.25, 0.3) is 0 Å². The highest BCUT2D eigenvalue weighted by molar-refractivity contribution is 6.32. The van der Waals surface area contributed by atoms with Gasteiger partial charge in [-0.2, -0.15) is 10.5 Å². The smallest absolute Gasteiger partial charge is 0.243 e. The average molecular weight is 1560 g/mol. The molecule has 570 valence electrons. The maximum Gasteiger partial charge on any atom is 0.243 e. The van der Waals surface area contributed by atoms with Gasteiger partial charge in [0.15, 0.2) is 40.7 Å². The van der Waals surface area contributed by atoms with Gasteiger partial charge in [0.05, 0.1) is 44.5 Å². The number of nitriles is 2. The molecule has 3 amide bonds. The van der Waals surface area contributed by atoms with Crippen molar-refractivity contribution in [3.63, 3.8) is 0 Å². The number of ketones is 1. The molecule has 0 bridgehead atoms. The van der Waals surface area contributed by atoms with Crippen molar-refractivity contribution < 1.29 is 29.3 Å². The van der Waals surface area contributed by atoms with Crippen LogP contribution in [0.25, 0.3) is 89.7 Å². The molecule has 12 aromatic heterocycles. The Balaban J connectivity index is 0.000000206. The number of hydrogen-bond acceptors (Lipinski definition) is 22. The number of amides is 3. The summed E-state index contributed by atoms with van der Waals surface area (Å²) in [4.78, 5) is 118.